The fraction of sp³-hybridized carbons (Fsp3) is 0.0333. The second-order valence-electron chi connectivity index (χ2n) is 15.7. The molecule has 7 aromatic rings. The average molecular weight is 872 g/mol. The van der Waals surface area contributed by atoms with E-state index in [4.69, 9.17) is 10.5 Å². The van der Waals surface area contributed by atoms with Gasteiger partial charge in [-0.15, -0.1) is 0 Å². The highest BCUT2D eigenvalue weighted by Gasteiger charge is 2.13. The highest BCUT2D eigenvalue weighted by molar-refractivity contribution is 5.97. The summed E-state index contributed by atoms with van der Waals surface area (Å²) in [5, 5.41) is 36.6. The second kappa shape index (κ2) is 21.9. The van der Waals surface area contributed by atoms with Gasteiger partial charge in [-0.25, -0.2) is 9.59 Å². The highest BCUT2D eigenvalue weighted by atomic mass is 16.4. The summed E-state index contributed by atoms with van der Waals surface area (Å²) in [5.74, 6) is -2.52. The van der Waals surface area contributed by atoms with Crippen LogP contribution < -0.4 is 4.90 Å². The van der Waals surface area contributed by atoms with Crippen molar-refractivity contribution < 1.29 is 19.8 Å². The van der Waals surface area contributed by atoms with Gasteiger partial charge < -0.3 is 15.1 Å². The van der Waals surface area contributed by atoms with Gasteiger partial charge in [-0.05, 0) is 118 Å². The van der Waals surface area contributed by atoms with Crippen LogP contribution >= 0.6 is 0 Å². The fourth-order valence-electron chi connectivity index (χ4n) is 7.14. The van der Waals surface area contributed by atoms with Crippen molar-refractivity contribution in [1.82, 2.24) is 0 Å². The number of rotatable bonds is 15. The van der Waals surface area contributed by atoms with Crippen LogP contribution in [0.5, 0.6) is 0 Å². The van der Waals surface area contributed by atoms with Crippen molar-refractivity contribution in [2.45, 2.75) is 13.8 Å². The van der Waals surface area contributed by atoms with Gasteiger partial charge in [0.05, 0.1) is 0 Å². The smallest absolute Gasteiger partial charge is 0.346 e. The first kappa shape index (κ1) is 45.7. The molecule has 2 N–H and O–H groups in total. The fourth-order valence-corrected chi connectivity index (χ4v) is 7.14. The Balaban J connectivity index is 1.14. The highest BCUT2D eigenvalue weighted by Crippen LogP contribution is 2.35. The van der Waals surface area contributed by atoms with Crippen molar-refractivity contribution in [3.8, 4) is 12.1 Å². The Labute approximate surface area is 391 Å². The monoisotopic (exact) mass is 871 g/mol. The number of nitrogens with zero attached hydrogens (tertiary/aromatic N) is 3. The van der Waals surface area contributed by atoms with E-state index in [0.717, 1.165) is 61.6 Å². The molecule has 7 nitrogen and oxygen atoms in total. The molecule has 324 valence electrons. The van der Waals surface area contributed by atoms with Gasteiger partial charge in [-0.3, -0.25) is 0 Å². The van der Waals surface area contributed by atoms with Crippen LogP contribution in [0.4, 0.5) is 17.1 Å². The van der Waals surface area contributed by atoms with Crippen LogP contribution in [-0.2, 0) is 9.59 Å². The topological polar surface area (TPSA) is 125 Å². The summed E-state index contributed by atoms with van der Waals surface area (Å²) in [6, 6.07) is 60.3. The molecule has 7 aromatic carbocycles. The Morgan fingerprint density at radius 3 is 1.00 bits per heavy atom. The van der Waals surface area contributed by atoms with Crippen LogP contribution in [0.25, 0.3) is 48.1 Å². The molecule has 0 atom stereocenters. The van der Waals surface area contributed by atoms with Crippen molar-refractivity contribution in [1.29, 1.82) is 10.5 Å². The van der Waals surface area contributed by atoms with Crippen molar-refractivity contribution in [3.05, 3.63) is 254 Å². The summed E-state index contributed by atoms with van der Waals surface area (Å²) in [7, 11) is 0. The number of carboxylic acid groups (broad SMARTS) is 2. The van der Waals surface area contributed by atoms with E-state index in [0.29, 0.717) is 11.1 Å². The quantitative estimate of drug-likeness (QED) is 0.0455. The molecule has 0 aliphatic rings. The van der Waals surface area contributed by atoms with Crippen LogP contribution in [0.3, 0.4) is 0 Å². The van der Waals surface area contributed by atoms with Crippen LogP contribution in [0.2, 0.25) is 0 Å². The van der Waals surface area contributed by atoms with Crippen molar-refractivity contribution in [2.75, 3.05) is 4.90 Å². The second-order valence-corrected chi connectivity index (χ2v) is 15.7. The molecule has 0 aliphatic heterocycles. The Bertz CT molecular complexity index is 2950. The first-order valence-electron chi connectivity index (χ1n) is 21.4. The summed E-state index contributed by atoms with van der Waals surface area (Å²) >= 11 is 0. The SMILES string of the molecule is Cc1ccc(C(=C/C=C/c2ccc(N(c3ccc(/C=C/c4ccc(/C=C(\C#N)C(=O)O)cc4)cc3)c3ccc(/C=C/c4ccc(/C=C(\C#N)C(=O)O)cc4)cc3)cc2)c2ccc(C)cc2)cc1. The molecule has 67 heavy (non-hydrogen) atoms. The van der Waals surface area contributed by atoms with Crippen molar-refractivity contribution in [3.63, 3.8) is 0 Å². The Hall–Kier alpha value is -9.30. The summed E-state index contributed by atoms with van der Waals surface area (Å²) in [5.41, 5.74) is 14.3. The summed E-state index contributed by atoms with van der Waals surface area (Å²) in [6.45, 7) is 4.19. The Morgan fingerprint density at radius 2 is 0.701 bits per heavy atom. The van der Waals surface area contributed by atoms with Gasteiger partial charge in [0.25, 0.3) is 0 Å². The first-order valence-corrected chi connectivity index (χ1v) is 21.4. The minimum Gasteiger partial charge on any atom is -0.477 e. The third-order valence-corrected chi connectivity index (χ3v) is 10.9. The molecule has 7 rings (SSSR count). The first-order chi connectivity index (χ1) is 32.5. The maximum absolute atomic E-state index is 11.2. The molecule has 0 heterocycles. The largest absolute Gasteiger partial charge is 0.477 e. The lowest BCUT2D eigenvalue weighted by molar-refractivity contribution is -0.133. The lowest BCUT2D eigenvalue weighted by Crippen LogP contribution is -2.09. The predicted molar refractivity (Wildman–Crippen MR) is 273 cm³/mol. The molecule has 0 fully saturated rings. The molecule has 0 saturated carbocycles. The van der Waals surface area contributed by atoms with Crippen LogP contribution in [0.15, 0.2) is 193 Å². The predicted octanol–water partition coefficient (Wildman–Crippen LogP) is 14.2. The van der Waals surface area contributed by atoms with Crippen LogP contribution in [0.1, 0.15) is 61.2 Å². The molecule has 0 aromatic heterocycles. The molecule has 0 bridgehead atoms. The van der Waals surface area contributed by atoms with Gasteiger partial charge in [0.2, 0.25) is 0 Å². The average Bonchev–Trinajstić information content (AvgIpc) is 3.35. The normalized spacial score (nSPS) is 11.6. The zero-order chi connectivity index (χ0) is 47.1. The van der Waals surface area contributed by atoms with Gasteiger partial charge in [-0.2, -0.15) is 10.5 Å². The zero-order valence-corrected chi connectivity index (χ0v) is 36.9. The minimum absolute atomic E-state index is 0.321. The molecule has 0 amide bonds. The molecule has 0 saturated heterocycles. The number of aryl methyl sites for hydroxylation is 2. The number of nitriles is 2. The lowest BCUT2D eigenvalue weighted by Gasteiger charge is -2.26. The van der Waals surface area contributed by atoms with Crippen LogP contribution in [0, 0.1) is 36.5 Å². The molecule has 0 radical (unpaired) electrons. The Kier molecular flexibility index (Phi) is 14.9. The molecule has 0 aliphatic carbocycles. The molecule has 0 spiro atoms. The van der Waals surface area contributed by atoms with E-state index in [1.807, 2.05) is 48.6 Å². The van der Waals surface area contributed by atoms with Crippen molar-refractivity contribution in [2.24, 2.45) is 0 Å². The van der Waals surface area contributed by atoms with Gasteiger partial charge in [0.1, 0.15) is 23.3 Å². The molecular formula is C60H45N3O4. The van der Waals surface area contributed by atoms with E-state index < -0.39 is 11.9 Å². The lowest BCUT2D eigenvalue weighted by atomic mass is 9.96. The van der Waals surface area contributed by atoms with E-state index >= 15 is 0 Å². The number of hydrogen-bond donors (Lipinski definition) is 2. The summed E-state index contributed by atoms with van der Waals surface area (Å²) in [4.78, 5) is 24.7. The van der Waals surface area contributed by atoms with Crippen LogP contribution in [-0.4, -0.2) is 22.2 Å². The maximum atomic E-state index is 11.2. The number of benzene rings is 7. The van der Waals surface area contributed by atoms with E-state index in [-0.39, 0.29) is 11.1 Å². The van der Waals surface area contributed by atoms with Gasteiger partial charge >= 0.3 is 11.9 Å². The number of aliphatic carboxylic acids is 2. The van der Waals surface area contributed by atoms with E-state index in [1.54, 1.807) is 36.4 Å². The van der Waals surface area contributed by atoms with Crippen molar-refractivity contribution >= 4 is 77.1 Å². The molecular weight excluding hydrogens is 827 g/mol. The molecule has 7 heteroatoms. The minimum atomic E-state index is -1.26. The number of allylic oxidation sites excluding steroid dienone is 2. The molecule has 0 unspecified atom stereocenters. The van der Waals surface area contributed by atoms with E-state index in [9.17, 15) is 19.8 Å². The number of hydrogen-bond acceptors (Lipinski definition) is 5. The number of carbonyl (C=O) groups is 2. The third kappa shape index (κ3) is 12.5. The van der Waals surface area contributed by atoms with E-state index in [2.05, 4.69) is 158 Å². The van der Waals surface area contributed by atoms with E-state index in [1.165, 1.54) is 23.3 Å². The van der Waals surface area contributed by atoms with Gasteiger partial charge in [-0.1, -0.05) is 187 Å². The standard InChI is InChI=1S/C60H45N3O4/c1-42-6-28-51(29-7-42)58(52-30-8-43(2)9-31-52)5-3-4-44-22-32-55(33-23-44)63(56-34-24-47(25-35-56)12-10-45-14-18-49(19-15-45)38-53(40-61)59(64)65)57-36-26-48(27-37-57)13-11-46-16-20-50(21-17-46)39-54(41-62)60(66)67/h3-39H,1-2H3,(H,64,65)(H,66,67)/b4-3+,12-10+,13-11+,53-38+,54-39+. The summed E-state index contributed by atoms with van der Waals surface area (Å²) < 4.78 is 0. The number of anilines is 3. The third-order valence-electron chi connectivity index (χ3n) is 10.9. The Morgan fingerprint density at radius 1 is 0.418 bits per heavy atom. The van der Waals surface area contributed by atoms with Gasteiger partial charge in [0, 0.05) is 17.1 Å². The zero-order valence-electron chi connectivity index (χ0n) is 36.9. The number of carboxylic acids is 2. The van der Waals surface area contributed by atoms with Gasteiger partial charge in [0.15, 0.2) is 0 Å². The maximum Gasteiger partial charge on any atom is 0.346 e. The summed E-state index contributed by atoms with van der Waals surface area (Å²) in [6.07, 6.45) is 17.1.